The van der Waals surface area contributed by atoms with Gasteiger partial charge in [0.05, 0.1) is 6.04 Å². The molecule has 2 aliphatic rings. The van der Waals surface area contributed by atoms with Crippen LogP contribution in [0.3, 0.4) is 0 Å². The summed E-state index contributed by atoms with van der Waals surface area (Å²) in [5.41, 5.74) is 5.04. The minimum atomic E-state index is -1.28. The van der Waals surface area contributed by atoms with Crippen molar-refractivity contribution in [2.75, 3.05) is 13.1 Å². The first-order valence-corrected chi connectivity index (χ1v) is 9.86. The molecule has 0 radical (unpaired) electrons. The number of hydrogen-bond donors (Lipinski definition) is 5. The van der Waals surface area contributed by atoms with Crippen LogP contribution in [-0.4, -0.2) is 76.9 Å². The fourth-order valence-electron chi connectivity index (χ4n) is 3.65. The number of carboxylic acids is 1. The van der Waals surface area contributed by atoms with E-state index in [1.54, 1.807) is 6.92 Å². The first kappa shape index (κ1) is 22.6. The molecular weight excluding hydrogens is 382 g/mol. The van der Waals surface area contributed by atoms with Crippen molar-refractivity contribution in [3.8, 4) is 0 Å². The van der Waals surface area contributed by atoms with Gasteiger partial charge in [-0.15, -0.1) is 0 Å². The molecule has 0 aromatic heterocycles. The minimum Gasteiger partial charge on any atom is -0.480 e. The molecule has 4 atom stereocenters. The van der Waals surface area contributed by atoms with E-state index in [0.717, 1.165) is 13.0 Å². The van der Waals surface area contributed by atoms with Crippen LogP contribution in [0, 0.1) is 0 Å². The largest absolute Gasteiger partial charge is 0.480 e. The molecule has 0 aliphatic carbocycles. The fourth-order valence-corrected chi connectivity index (χ4v) is 3.65. The molecule has 2 rings (SSSR count). The Morgan fingerprint density at radius 2 is 1.86 bits per heavy atom. The summed E-state index contributed by atoms with van der Waals surface area (Å²) in [6.45, 7) is 2.67. The molecule has 29 heavy (non-hydrogen) atoms. The van der Waals surface area contributed by atoms with Crippen LogP contribution in [0.15, 0.2) is 0 Å². The van der Waals surface area contributed by atoms with Gasteiger partial charge in [-0.3, -0.25) is 19.2 Å². The number of carboxylic acid groups (broad SMARTS) is 1. The van der Waals surface area contributed by atoms with E-state index in [-0.39, 0.29) is 24.8 Å². The third-order valence-corrected chi connectivity index (χ3v) is 5.24. The van der Waals surface area contributed by atoms with E-state index >= 15 is 0 Å². The quantitative estimate of drug-likeness (QED) is 0.294. The second-order valence-corrected chi connectivity index (χ2v) is 7.47. The van der Waals surface area contributed by atoms with E-state index < -0.39 is 41.8 Å². The zero-order chi connectivity index (χ0) is 21.6. The Morgan fingerprint density at radius 3 is 2.45 bits per heavy atom. The Morgan fingerprint density at radius 1 is 1.14 bits per heavy atom. The molecule has 2 heterocycles. The number of hydrogen-bond acceptors (Lipinski definition) is 6. The highest BCUT2D eigenvalue weighted by molar-refractivity contribution is 5.94. The summed E-state index contributed by atoms with van der Waals surface area (Å²) in [4.78, 5) is 61.2. The number of nitrogens with one attached hydrogen (secondary N) is 3. The lowest BCUT2D eigenvalue weighted by molar-refractivity contribution is -0.145. The molecule has 2 fully saturated rings. The van der Waals surface area contributed by atoms with Gasteiger partial charge in [-0.05, 0) is 45.6 Å². The molecule has 0 saturated carbocycles. The van der Waals surface area contributed by atoms with E-state index in [4.69, 9.17) is 5.73 Å². The maximum absolute atomic E-state index is 12.8. The Balaban J connectivity index is 1.95. The summed E-state index contributed by atoms with van der Waals surface area (Å²) in [7, 11) is 0. The topological polar surface area (TPSA) is 171 Å². The molecule has 2 aliphatic heterocycles. The maximum atomic E-state index is 12.8. The average molecular weight is 411 g/mol. The Kier molecular flexibility index (Phi) is 7.94. The van der Waals surface area contributed by atoms with Crippen LogP contribution in [0.25, 0.3) is 0 Å². The Bertz CT molecular complexity index is 663. The second kappa shape index (κ2) is 10.2. The molecule has 11 heteroatoms. The number of primary amides is 1. The van der Waals surface area contributed by atoms with Gasteiger partial charge in [0.1, 0.15) is 18.1 Å². The molecule has 0 spiro atoms. The van der Waals surface area contributed by atoms with Crippen LogP contribution in [0.1, 0.15) is 45.4 Å². The van der Waals surface area contributed by atoms with E-state index in [0.29, 0.717) is 25.8 Å². The Labute approximate surface area is 168 Å². The maximum Gasteiger partial charge on any atom is 0.326 e. The van der Waals surface area contributed by atoms with Gasteiger partial charge in [0.15, 0.2) is 0 Å². The van der Waals surface area contributed by atoms with Crippen LogP contribution in [0.4, 0.5) is 0 Å². The van der Waals surface area contributed by atoms with Crippen molar-refractivity contribution in [1.29, 1.82) is 0 Å². The fraction of sp³-hybridized carbons (Fsp3) is 0.722. The van der Waals surface area contributed by atoms with Gasteiger partial charge in [0.25, 0.3) is 0 Å². The monoisotopic (exact) mass is 411 g/mol. The SMILES string of the molecule is CC(NC(=O)C1CCCN1)C(=O)N1CCCC1C(=O)NC(CCC(N)=O)C(=O)O. The smallest absolute Gasteiger partial charge is 0.326 e. The lowest BCUT2D eigenvalue weighted by Gasteiger charge is -2.28. The summed E-state index contributed by atoms with van der Waals surface area (Å²) in [5, 5.41) is 17.4. The molecule has 4 amide bonds. The molecule has 0 aromatic carbocycles. The van der Waals surface area contributed by atoms with Gasteiger partial charge >= 0.3 is 5.97 Å². The van der Waals surface area contributed by atoms with E-state index in [9.17, 15) is 29.1 Å². The number of nitrogens with zero attached hydrogens (tertiary/aromatic N) is 1. The molecule has 0 bridgehead atoms. The van der Waals surface area contributed by atoms with Gasteiger partial charge in [-0.1, -0.05) is 0 Å². The molecule has 4 unspecified atom stereocenters. The number of carbonyl (C=O) groups is 5. The van der Waals surface area contributed by atoms with E-state index in [1.807, 2.05) is 0 Å². The summed E-state index contributed by atoms with van der Waals surface area (Å²) in [5.74, 6) is -3.17. The summed E-state index contributed by atoms with van der Waals surface area (Å²) in [6, 6.07) is -3.20. The van der Waals surface area contributed by atoms with Crippen molar-refractivity contribution in [3.63, 3.8) is 0 Å². The predicted molar refractivity (Wildman–Crippen MR) is 101 cm³/mol. The second-order valence-electron chi connectivity index (χ2n) is 7.47. The van der Waals surface area contributed by atoms with Crippen LogP contribution >= 0.6 is 0 Å². The van der Waals surface area contributed by atoms with Gasteiger partial charge in [0, 0.05) is 13.0 Å². The Hall–Kier alpha value is -2.69. The van der Waals surface area contributed by atoms with Crippen LogP contribution in [-0.2, 0) is 24.0 Å². The number of aliphatic carboxylic acids is 1. The zero-order valence-electron chi connectivity index (χ0n) is 16.5. The third kappa shape index (κ3) is 6.14. The average Bonchev–Trinajstić information content (AvgIpc) is 3.35. The number of likely N-dealkylation sites (tertiary alicyclic amines) is 1. The van der Waals surface area contributed by atoms with Crippen molar-refractivity contribution >= 4 is 29.6 Å². The summed E-state index contributed by atoms with van der Waals surface area (Å²) >= 11 is 0. The van der Waals surface area contributed by atoms with Crippen molar-refractivity contribution in [3.05, 3.63) is 0 Å². The predicted octanol–water partition coefficient (Wildman–Crippen LogP) is -1.93. The summed E-state index contributed by atoms with van der Waals surface area (Å²) in [6.07, 6.45) is 2.29. The summed E-state index contributed by atoms with van der Waals surface area (Å²) < 4.78 is 0. The number of carbonyl (C=O) groups excluding carboxylic acids is 4. The van der Waals surface area contributed by atoms with E-state index in [2.05, 4.69) is 16.0 Å². The van der Waals surface area contributed by atoms with Crippen LogP contribution in [0.5, 0.6) is 0 Å². The molecule has 162 valence electrons. The number of nitrogens with two attached hydrogens (primary N) is 1. The van der Waals surface area contributed by atoms with E-state index in [1.165, 1.54) is 4.90 Å². The van der Waals surface area contributed by atoms with Gasteiger partial charge in [-0.2, -0.15) is 0 Å². The molecular formula is C18H29N5O6. The molecule has 11 nitrogen and oxygen atoms in total. The highest BCUT2D eigenvalue weighted by atomic mass is 16.4. The lowest BCUT2D eigenvalue weighted by Crippen LogP contribution is -2.56. The van der Waals surface area contributed by atoms with Gasteiger partial charge in [0.2, 0.25) is 23.6 Å². The highest BCUT2D eigenvalue weighted by Gasteiger charge is 2.38. The molecule has 6 N–H and O–H groups in total. The van der Waals surface area contributed by atoms with Gasteiger partial charge in [-0.25, -0.2) is 4.79 Å². The van der Waals surface area contributed by atoms with Crippen LogP contribution < -0.4 is 21.7 Å². The number of amides is 4. The molecule has 2 saturated heterocycles. The van der Waals surface area contributed by atoms with Crippen molar-refractivity contribution < 1.29 is 29.1 Å². The lowest BCUT2D eigenvalue weighted by atomic mass is 10.1. The minimum absolute atomic E-state index is 0.127. The normalized spacial score (nSPS) is 23.3. The standard InChI is InChI=1S/C18H29N5O6/c1-10(21-15(25)11-4-2-8-20-11)17(27)23-9-3-5-13(23)16(26)22-12(18(28)29)6-7-14(19)24/h10-13,20H,2-9H2,1H3,(H2,19,24)(H,21,25)(H,22,26)(H,28,29). The van der Waals surface area contributed by atoms with Gasteiger partial charge < -0.3 is 31.7 Å². The van der Waals surface area contributed by atoms with Crippen molar-refractivity contribution in [2.24, 2.45) is 5.73 Å². The van der Waals surface area contributed by atoms with Crippen molar-refractivity contribution in [1.82, 2.24) is 20.9 Å². The van der Waals surface area contributed by atoms with Crippen molar-refractivity contribution in [2.45, 2.75) is 69.6 Å². The zero-order valence-corrected chi connectivity index (χ0v) is 16.5. The number of rotatable bonds is 9. The van der Waals surface area contributed by atoms with Crippen LogP contribution in [0.2, 0.25) is 0 Å². The highest BCUT2D eigenvalue weighted by Crippen LogP contribution is 2.19. The third-order valence-electron chi connectivity index (χ3n) is 5.24. The first-order valence-electron chi connectivity index (χ1n) is 9.86. The first-order chi connectivity index (χ1) is 13.7. The molecule has 0 aromatic rings.